The van der Waals surface area contributed by atoms with E-state index in [9.17, 15) is 31.5 Å². The number of piperidine rings is 1. The Morgan fingerprint density at radius 2 is 1.92 bits per heavy atom. The maximum Gasteiger partial charge on any atom is 0.438 e. The average Bonchev–Trinajstić information content (AvgIpc) is 2.82. The minimum atomic E-state index is -5.03. The molecule has 2 aliphatic rings. The summed E-state index contributed by atoms with van der Waals surface area (Å²) in [7, 11) is -3.39. The number of halogens is 3. The van der Waals surface area contributed by atoms with E-state index in [1.165, 1.54) is 18.2 Å². The number of hydrogen-bond donors (Lipinski definition) is 1. The summed E-state index contributed by atoms with van der Waals surface area (Å²) in [5.41, 5.74) is -3.32. The predicted octanol–water partition coefficient (Wildman–Crippen LogP) is 0.907. The highest BCUT2D eigenvalue weighted by Gasteiger charge is 2.63. The highest BCUT2D eigenvalue weighted by Crippen LogP contribution is 2.41. The van der Waals surface area contributed by atoms with Crippen LogP contribution in [0.4, 0.5) is 13.2 Å². The van der Waals surface area contributed by atoms with E-state index in [1.54, 1.807) is 0 Å². The second-order valence-electron chi connectivity index (χ2n) is 6.05. The fourth-order valence-electron chi connectivity index (χ4n) is 2.91. The van der Waals surface area contributed by atoms with E-state index in [1.807, 2.05) is 0 Å². The summed E-state index contributed by atoms with van der Waals surface area (Å²) in [5, 5.41) is 13.6. The lowest BCUT2D eigenvalue weighted by Crippen LogP contribution is -2.58. The van der Waals surface area contributed by atoms with E-state index in [0.717, 1.165) is 0 Å². The molecule has 2 aliphatic heterocycles. The van der Waals surface area contributed by atoms with Crippen LogP contribution in [0.2, 0.25) is 0 Å². The molecule has 0 radical (unpaired) electrons. The lowest BCUT2D eigenvalue weighted by atomic mass is 9.95. The van der Waals surface area contributed by atoms with Crippen molar-refractivity contribution in [1.29, 1.82) is 0 Å². The molecular weight excluding hydrogens is 351 g/mol. The minimum Gasteiger partial charge on any atom is -0.362 e. The molecule has 0 unspecified atom stereocenters. The molecule has 11 heteroatoms. The van der Waals surface area contributed by atoms with Crippen LogP contribution in [0.5, 0.6) is 0 Å². The second-order valence-corrected chi connectivity index (χ2v) is 8.31. The van der Waals surface area contributed by atoms with Crippen molar-refractivity contribution in [2.45, 2.75) is 45.0 Å². The van der Waals surface area contributed by atoms with E-state index in [4.69, 9.17) is 0 Å². The molecule has 0 aliphatic carbocycles. The van der Waals surface area contributed by atoms with Gasteiger partial charge in [-0.05, 0) is 26.7 Å². The molecule has 2 rings (SSSR count). The third kappa shape index (κ3) is 3.29. The van der Waals surface area contributed by atoms with Gasteiger partial charge in [0, 0.05) is 31.1 Å². The molecule has 7 nitrogen and oxygen atoms in total. The maximum absolute atomic E-state index is 13.2. The van der Waals surface area contributed by atoms with Gasteiger partial charge in [0.25, 0.3) is 5.72 Å². The van der Waals surface area contributed by atoms with Gasteiger partial charge in [-0.15, -0.1) is 0 Å². The molecule has 0 aromatic heterocycles. The van der Waals surface area contributed by atoms with Gasteiger partial charge in [0.05, 0.1) is 5.75 Å². The Labute approximate surface area is 138 Å². The van der Waals surface area contributed by atoms with Crippen molar-refractivity contribution >= 4 is 21.6 Å². The van der Waals surface area contributed by atoms with Crippen molar-refractivity contribution in [3.05, 3.63) is 0 Å². The number of carbonyl (C=O) groups is 1. The molecular formula is C13H20F3N3O4S. The predicted molar refractivity (Wildman–Crippen MR) is 79.3 cm³/mol. The smallest absolute Gasteiger partial charge is 0.362 e. The molecule has 2 heterocycles. The van der Waals surface area contributed by atoms with Crippen LogP contribution >= 0.6 is 0 Å². The molecule has 138 valence electrons. The Morgan fingerprint density at radius 1 is 1.38 bits per heavy atom. The summed E-state index contributed by atoms with van der Waals surface area (Å²) < 4.78 is 64.3. The van der Waals surface area contributed by atoms with E-state index in [2.05, 4.69) is 5.10 Å². The normalized spacial score (nSPS) is 27.4. The molecule has 1 saturated heterocycles. The van der Waals surface area contributed by atoms with E-state index >= 15 is 0 Å². The van der Waals surface area contributed by atoms with Crippen molar-refractivity contribution in [2.75, 3.05) is 18.8 Å². The third-order valence-electron chi connectivity index (χ3n) is 4.35. The van der Waals surface area contributed by atoms with Crippen molar-refractivity contribution < 1.29 is 31.5 Å². The lowest BCUT2D eigenvalue weighted by molar-refractivity contribution is -0.303. The van der Waals surface area contributed by atoms with Crippen LogP contribution in [0.3, 0.4) is 0 Å². The maximum atomic E-state index is 13.2. The molecule has 1 fully saturated rings. The van der Waals surface area contributed by atoms with Crippen molar-refractivity contribution in [3.8, 4) is 0 Å². The number of hydrogen-bond acceptors (Lipinski definition) is 5. The zero-order valence-corrected chi connectivity index (χ0v) is 14.2. The van der Waals surface area contributed by atoms with Gasteiger partial charge in [-0.3, -0.25) is 4.79 Å². The Bertz CT molecular complexity index is 641. The molecule has 0 aromatic rings. The number of hydrazone groups is 1. The van der Waals surface area contributed by atoms with Crippen LogP contribution < -0.4 is 0 Å². The molecule has 1 N–H and O–H groups in total. The van der Waals surface area contributed by atoms with Crippen LogP contribution in [-0.4, -0.2) is 65.2 Å². The zero-order valence-electron chi connectivity index (χ0n) is 13.4. The summed E-state index contributed by atoms with van der Waals surface area (Å²) in [5.74, 6) is -1.81. The summed E-state index contributed by atoms with van der Waals surface area (Å²) in [4.78, 5) is 12.4. The molecule has 0 spiro atoms. The first-order valence-electron chi connectivity index (χ1n) is 7.57. The number of sulfonamides is 1. The summed E-state index contributed by atoms with van der Waals surface area (Å²) >= 11 is 0. The van der Waals surface area contributed by atoms with E-state index in [0.29, 0.717) is 0 Å². The quantitative estimate of drug-likeness (QED) is 0.798. The topological polar surface area (TPSA) is 90.3 Å². The van der Waals surface area contributed by atoms with Gasteiger partial charge in [-0.25, -0.2) is 12.7 Å². The highest BCUT2D eigenvalue weighted by atomic mass is 32.2. The van der Waals surface area contributed by atoms with Gasteiger partial charge < -0.3 is 5.11 Å². The molecule has 0 saturated carbocycles. The van der Waals surface area contributed by atoms with E-state index in [-0.39, 0.29) is 42.4 Å². The van der Waals surface area contributed by atoms with Gasteiger partial charge in [0.1, 0.15) is 0 Å². The Balaban J connectivity index is 2.13. The third-order valence-corrected chi connectivity index (χ3v) is 6.23. The van der Waals surface area contributed by atoms with Crippen LogP contribution in [0.1, 0.15) is 33.1 Å². The Kier molecular flexibility index (Phi) is 4.99. The van der Waals surface area contributed by atoms with Crippen LogP contribution in [0, 0.1) is 5.92 Å². The summed E-state index contributed by atoms with van der Waals surface area (Å²) in [6, 6.07) is 0. The van der Waals surface area contributed by atoms with Gasteiger partial charge in [-0.2, -0.15) is 23.3 Å². The monoisotopic (exact) mass is 371 g/mol. The number of rotatable bonds is 3. The Hall–Kier alpha value is -1.20. The summed E-state index contributed by atoms with van der Waals surface area (Å²) in [6.07, 6.45) is -5.63. The largest absolute Gasteiger partial charge is 0.438 e. The number of aliphatic hydroxyl groups is 1. The summed E-state index contributed by atoms with van der Waals surface area (Å²) in [6.45, 7) is 2.93. The molecule has 24 heavy (non-hydrogen) atoms. The average molecular weight is 371 g/mol. The van der Waals surface area contributed by atoms with Crippen LogP contribution in [0.25, 0.3) is 0 Å². The van der Waals surface area contributed by atoms with Crippen molar-refractivity contribution in [1.82, 2.24) is 9.31 Å². The van der Waals surface area contributed by atoms with Crippen molar-refractivity contribution in [2.24, 2.45) is 11.0 Å². The number of nitrogens with zero attached hydrogens (tertiary/aromatic N) is 3. The fraction of sp³-hybridized carbons (Fsp3) is 0.846. The minimum absolute atomic E-state index is 0.00849. The second kappa shape index (κ2) is 6.26. The number of amides is 1. The first kappa shape index (κ1) is 19.1. The Morgan fingerprint density at radius 3 is 2.38 bits per heavy atom. The van der Waals surface area contributed by atoms with Crippen LogP contribution in [-0.2, 0) is 14.8 Å². The highest BCUT2D eigenvalue weighted by molar-refractivity contribution is 7.89. The molecule has 1 atom stereocenters. The fourth-order valence-corrected chi connectivity index (χ4v) is 4.04. The van der Waals surface area contributed by atoms with Gasteiger partial charge in [0.2, 0.25) is 15.9 Å². The van der Waals surface area contributed by atoms with Gasteiger partial charge in [-0.1, -0.05) is 0 Å². The zero-order chi connectivity index (χ0) is 18.3. The first-order chi connectivity index (χ1) is 10.9. The van der Waals surface area contributed by atoms with Crippen LogP contribution in [0.15, 0.2) is 5.10 Å². The lowest BCUT2D eigenvalue weighted by Gasteiger charge is -2.36. The molecule has 0 bridgehead atoms. The first-order valence-corrected chi connectivity index (χ1v) is 9.18. The van der Waals surface area contributed by atoms with Gasteiger partial charge >= 0.3 is 6.18 Å². The standard InChI is InChI=1S/C13H20F3N3O4S/c1-3-24(22,23)18-6-4-10(5-7-18)11(20)19-12(21,13(14,15)16)8-9(2)17-19/h10,21H,3-8H2,1-2H3/t12-/m1/s1. The molecule has 0 aromatic carbocycles. The van der Waals surface area contributed by atoms with E-state index < -0.39 is 40.2 Å². The number of carbonyl (C=O) groups excluding carboxylic acids is 1. The van der Waals surface area contributed by atoms with Gasteiger partial charge in [0.15, 0.2) is 0 Å². The number of alkyl halides is 3. The van der Waals surface area contributed by atoms with Crippen molar-refractivity contribution in [3.63, 3.8) is 0 Å². The molecule has 1 amide bonds. The SMILES string of the molecule is CCS(=O)(=O)N1CCC(C(=O)N2N=C(C)C[C@@]2(O)C(F)(F)F)CC1.